The third-order valence-electron chi connectivity index (χ3n) is 3.87. The van der Waals surface area contributed by atoms with Crippen molar-refractivity contribution < 1.29 is 9.53 Å². The largest absolute Gasteiger partial charge is 0.491 e. The van der Waals surface area contributed by atoms with E-state index >= 15 is 0 Å². The third kappa shape index (κ3) is 5.13. The Hall–Kier alpha value is -2.29. The Balaban J connectivity index is 1.77. The van der Waals surface area contributed by atoms with Gasteiger partial charge in [0, 0.05) is 0 Å². The van der Waals surface area contributed by atoms with E-state index < -0.39 is 0 Å². The molecule has 0 aromatic heterocycles. The summed E-state index contributed by atoms with van der Waals surface area (Å²) in [6.45, 7) is 9.15. The summed E-state index contributed by atoms with van der Waals surface area (Å²) in [4.78, 5) is 12.0. The van der Waals surface area contributed by atoms with Crippen molar-refractivity contribution in [2.75, 3.05) is 13.2 Å². The number of hydrogen-bond donors (Lipinski definition) is 1. The number of rotatable bonds is 6. The quantitative estimate of drug-likeness (QED) is 0.827. The van der Waals surface area contributed by atoms with Gasteiger partial charge in [0.15, 0.2) is 0 Å². The van der Waals surface area contributed by atoms with Crippen LogP contribution in [-0.2, 0) is 11.2 Å². The van der Waals surface area contributed by atoms with Crippen LogP contribution in [0.3, 0.4) is 0 Å². The van der Waals surface area contributed by atoms with E-state index in [9.17, 15) is 4.79 Å². The number of carbonyl (C=O) groups excluding carboxylic acids is 1. The maximum absolute atomic E-state index is 12.0. The van der Waals surface area contributed by atoms with Gasteiger partial charge in [-0.25, -0.2) is 0 Å². The number of benzene rings is 2. The second kappa shape index (κ2) is 7.82. The zero-order valence-corrected chi connectivity index (χ0v) is 14.4. The molecule has 0 bridgehead atoms. The van der Waals surface area contributed by atoms with E-state index in [-0.39, 0.29) is 5.91 Å². The molecule has 0 atom stereocenters. The van der Waals surface area contributed by atoms with Gasteiger partial charge >= 0.3 is 0 Å². The topological polar surface area (TPSA) is 38.3 Å². The molecule has 2 aromatic rings. The van der Waals surface area contributed by atoms with Gasteiger partial charge in [-0.2, -0.15) is 0 Å². The van der Waals surface area contributed by atoms with E-state index in [0.29, 0.717) is 19.6 Å². The standard InChI is InChI=1S/C20H25NO2/c1-14-6-8-18(17(4)11-14)13-20(22)21-9-10-23-19-12-15(2)5-7-16(19)3/h5-8,11-12H,9-10,13H2,1-4H3,(H,21,22). The molecule has 0 radical (unpaired) electrons. The predicted molar refractivity (Wildman–Crippen MR) is 94.0 cm³/mol. The first-order valence-corrected chi connectivity index (χ1v) is 7.98. The van der Waals surface area contributed by atoms with Gasteiger partial charge < -0.3 is 10.1 Å². The molecular weight excluding hydrogens is 286 g/mol. The molecule has 0 aliphatic heterocycles. The van der Waals surface area contributed by atoms with Gasteiger partial charge in [0.2, 0.25) is 5.91 Å². The highest BCUT2D eigenvalue weighted by atomic mass is 16.5. The Kier molecular flexibility index (Phi) is 5.80. The Morgan fingerprint density at radius 1 is 0.957 bits per heavy atom. The maximum Gasteiger partial charge on any atom is 0.224 e. The molecule has 0 fully saturated rings. The smallest absolute Gasteiger partial charge is 0.224 e. The summed E-state index contributed by atoms with van der Waals surface area (Å²) in [6.07, 6.45) is 0.412. The van der Waals surface area contributed by atoms with Crippen molar-refractivity contribution in [1.82, 2.24) is 5.32 Å². The number of amides is 1. The monoisotopic (exact) mass is 311 g/mol. The Morgan fingerprint density at radius 2 is 1.65 bits per heavy atom. The van der Waals surface area contributed by atoms with Crippen LogP contribution in [0.25, 0.3) is 0 Å². The lowest BCUT2D eigenvalue weighted by Gasteiger charge is -2.11. The van der Waals surface area contributed by atoms with E-state index in [0.717, 1.165) is 22.4 Å². The van der Waals surface area contributed by atoms with Crippen LogP contribution >= 0.6 is 0 Å². The molecule has 0 unspecified atom stereocenters. The molecule has 0 heterocycles. The Bertz CT molecular complexity index is 692. The number of hydrogen-bond acceptors (Lipinski definition) is 2. The molecule has 1 amide bonds. The lowest BCUT2D eigenvalue weighted by Crippen LogP contribution is -2.29. The highest BCUT2D eigenvalue weighted by Gasteiger charge is 2.06. The summed E-state index contributed by atoms with van der Waals surface area (Å²) in [5, 5.41) is 2.91. The minimum atomic E-state index is 0.0292. The van der Waals surface area contributed by atoms with Crippen LogP contribution in [-0.4, -0.2) is 19.1 Å². The molecule has 0 aliphatic rings. The first-order chi connectivity index (χ1) is 11.0. The third-order valence-corrected chi connectivity index (χ3v) is 3.87. The fraction of sp³-hybridized carbons (Fsp3) is 0.350. The van der Waals surface area contributed by atoms with Crippen LogP contribution in [0.2, 0.25) is 0 Å². The molecule has 0 saturated carbocycles. The van der Waals surface area contributed by atoms with Crippen molar-refractivity contribution in [3.05, 3.63) is 64.2 Å². The zero-order valence-electron chi connectivity index (χ0n) is 14.4. The number of carbonyl (C=O) groups is 1. The molecule has 3 heteroatoms. The van der Waals surface area contributed by atoms with E-state index in [1.807, 2.05) is 45.0 Å². The minimum absolute atomic E-state index is 0.0292. The second-order valence-electron chi connectivity index (χ2n) is 6.07. The summed E-state index contributed by atoms with van der Waals surface area (Å²) in [6, 6.07) is 12.3. The first kappa shape index (κ1) is 17.1. The number of aryl methyl sites for hydroxylation is 4. The van der Waals surface area contributed by atoms with E-state index in [1.165, 1.54) is 11.1 Å². The molecule has 0 aliphatic carbocycles. The van der Waals surface area contributed by atoms with Gasteiger partial charge in [-0.1, -0.05) is 35.9 Å². The van der Waals surface area contributed by atoms with E-state index in [2.05, 4.69) is 24.4 Å². The van der Waals surface area contributed by atoms with Crippen molar-refractivity contribution >= 4 is 5.91 Å². The van der Waals surface area contributed by atoms with Gasteiger partial charge in [-0.15, -0.1) is 0 Å². The van der Waals surface area contributed by atoms with E-state index in [1.54, 1.807) is 0 Å². The van der Waals surface area contributed by atoms with Gasteiger partial charge in [-0.05, 0) is 56.0 Å². The van der Waals surface area contributed by atoms with Gasteiger partial charge in [0.25, 0.3) is 0 Å². The normalized spacial score (nSPS) is 10.4. The van der Waals surface area contributed by atoms with Crippen LogP contribution in [0.5, 0.6) is 5.75 Å². The summed E-state index contributed by atoms with van der Waals surface area (Å²) in [5.41, 5.74) is 5.73. The minimum Gasteiger partial charge on any atom is -0.491 e. The summed E-state index contributed by atoms with van der Waals surface area (Å²) in [5.74, 6) is 0.912. The molecule has 0 spiro atoms. The number of ether oxygens (including phenoxy) is 1. The van der Waals surface area contributed by atoms with Crippen molar-refractivity contribution in [3.63, 3.8) is 0 Å². The number of nitrogens with one attached hydrogen (secondary N) is 1. The van der Waals surface area contributed by atoms with Crippen LogP contribution in [0.15, 0.2) is 36.4 Å². The highest BCUT2D eigenvalue weighted by Crippen LogP contribution is 2.18. The SMILES string of the molecule is Cc1ccc(CC(=O)NCCOc2cc(C)ccc2C)c(C)c1. The Morgan fingerprint density at radius 3 is 2.39 bits per heavy atom. The molecular formula is C20H25NO2. The van der Waals surface area contributed by atoms with Crippen LogP contribution in [0.1, 0.15) is 27.8 Å². The lowest BCUT2D eigenvalue weighted by molar-refractivity contribution is -0.120. The lowest BCUT2D eigenvalue weighted by atomic mass is 10.0. The van der Waals surface area contributed by atoms with Gasteiger partial charge in [0.1, 0.15) is 12.4 Å². The Labute approximate surface area is 138 Å². The molecule has 1 N–H and O–H groups in total. The summed E-state index contributed by atoms with van der Waals surface area (Å²) >= 11 is 0. The van der Waals surface area contributed by atoms with Gasteiger partial charge in [0.05, 0.1) is 13.0 Å². The highest BCUT2D eigenvalue weighted by molar-refractivity contribution is 5.78. The van der Waals surface area contributed by atoms with Crippen molar-refractivity contribution in [1.29, 1.82) is 0 Å². The average molecular weight is 311 g/mol. The molecule has 2 rings (SSSR count). The fourth-order valence-corrected chi connectivity index (χ4v) is 2.49. The fourth-order valence-electron chi connectivity index (χ4n) is 2.49. The predicted octanol–water partition coefficient (Wildman–Crippen LogP) is 3.66. The first-order valence-electron chi connectivity index (χ1n) is 7.98. The average Bonchev–Trinajstić information content (AvgIpc) is 2.50. The maximum atomic E-state index is 12.0. The summed E-state index contributed by atoms with van der Waals surface area (Å²) in [7, 11) is 0. The zero-order chi connectivity index (χ0) is 16.8. The molecule has 2 aromatic carbocycles. The van der Waals surface area contributed by atoms with Crippen molar-refractivity contribution in [2.45, 2.75) is 34.1 Å². The van der Waals surface area contributed by atoms with E-state index in [4.69, 9.17) is 4.74 Å². The van der Waals surface area contributed by atoms with Crippen LogP contribution in [0.4, 0.5) is 0 Å². The molecule has 23 heavy (non-hydrogen) atoms. The van der Waals surface area contributed by atoms with Gasteiger partial charge in [-0.3, -0.25) is 4.79 Å². The van der Waals surface area contributed by atoms with Crippen molar-refractivity contribution in [3.8, 4) is 5.75 Å². The molecule has 122 valence electrons. The second-order valence-corrected chi connectivity index (χ2v) is 6.07. The molecule has 3 nitrogen and oxygen atoms in total. The molecule has 0 saturated heterocycles. The van der Waals surface area contributed by atoms with Crippen LogP contribution < -0.4 is 10.1 Å². The van der Waals surface area contributed by atoms with Crippen molar-refractivity contribution in [2.24, 2.45) is 0 Å². The summed E-state index contributed by atoms with van der Waals surface area (Å²) < 4.78 is 5.74. The van der Waals surface area contributed by atoms with Crippen LogP contribution in [0, 0.1) is 27.7 Å².